The van der Waals surface area contributed by atoms with E-state index in [1.165, 1.54) is 11.1 Å². The van der Waals surface area contributed by atoms with Gasteiger partial charge in [0.1, 0.15) is 0 Å². The molecule has 0 aliphatic carbocycles. The molecule has 0 aliphatic heterocycles. The highest BCUT2D eigenvalue weighted by Gasteiger charge is 2.12. The standard InChI is InChI=1S/C23H18Cl2N2S/c1-16-2-12-21(13-3-16)27-14-22(18-6-10-20(25)11-7-18)26-23(27)28-15-17-4-8-19(24)9-5-17/h2-14H,15H2,1H3. The van der Waals surface area contributed by atoms with E-state index < -0.39 is 0 Å². The van der Waals surface area contributed by atoms with E-state index in [1.54, 1.807) is 11.8 Å². The van der Waals surface area contributed by atoms with Crippen LogP contribution < -0.4 is 0 Å². The van der Waals surface area contributed by atoms with Crippen molar-refractivity contribution in [1.82, 2.24) is 9.55 Å². The third-order valence-electron chi connectivity index (χ3n) is 4.41. The van der Waals surface area contributed by atoms with E-state index >= 15 is 0 Å². The van der Waals surface area contributed by atoms with Crippen molar-refractivity contribution in [2.75, 3.05) is 0 Å². The summed E-state index contributed by atoms with van der Waals surface area (Å²) in [6.07, 6.45) is 2.08. The normalized spacial score (nSPS) is 11.0. The fraction of sp³-hybridized carbons (Fsp3) is 0.0870. The van der Waals surface area contributed by atoms with E-state index in [1.807, 2.05) is 36.4 Å². The van der Waals surface area contributed by atoms with Crippen LogP contribution in [0.25, 0.3) is 16.9 Å². The summed E-state index contributed by atoms with van der Waals surface area (Å²) in [6, 6.07) is 24.2. The number of hydrogen-bond acceptors (Lipinski definition) is 2. The topological polar surface area (TPSA) is 17.8 Å². The second-order valence-corrected chi connectivity index (χ2v) is 8.35. The molecule has 4 rings (SSSR count). The molecule has 140 valence electrons. The van der Waals surface area contributed by atoms with Crippen LogP contribution in [0.5, 0.6) is 0 Å². The molecule has 0 amide bonds. The van der Waals surface area contributed by atoms with Crippen LogP contribution in [-0.4, -0.2) is 9.55 Å². The molecule has 3 aromatic carbocycles. The van der Waals surface area contributed by atoms with Gasteiger partial charge in [-0.2, -0.15) is 0 Å². The van der Waals surface area contributed by atoms with Crippen LogP contribution in [0.4, 0.5) is 0 Å². The first-order valence-electron chi connectivity index (χ1n) is 8.88. The van der Waals surface area contributed by atoms with Gasteiger partial charge in [-0.25, -0.2) is 4.98 Å². The van der Waals surface area contributed by atoms with Crippen molar-refractivity contribution in [3.05, 3.63) is 100 Å². The lowest BCUT2D eigenvalue weighted by Gasteiger charge is -2.08. The van der Waals surface area contributed by atoms with Crippen LogP contribution in [0.15, 0.2) is 84.1 Å². The van der Waals surface area contributed by atoms with Gasteiger partial charge < -0.3 is 0 Å². The number of rotatable bonds is 5. The van der Waals surface area contributed by atoms with Gasteiger partial charge in [0.15, 0.2) is 5.16 Å². The van der Waals surface area contributed by atoms with Gasteiger partial charge in [-0.3, -0.25) is 4.57 Å². The monoisotopic (exact) mass is 424 g/mol. The minimum absolute atomic E-state index is 0.721. The number of imidazole rings is 1. The molecule has 0 N–H and O–H groups in total. The number of nitrogens with zero attached hydrogens (tertiary/aromatic N) is 2. The number of aromatic nitrogens is 2. The summed E-state index contributed by atoms with van der Waals surface area (Å²) in [5, 5.41) is 2.42. The summed E-state index contributed by atoms with van der Waals surface area (Å²) < 4.78 is 2.14. The molecule has 0 aliphatic rings. The summed E-state index contributed by atoms with van der Waals surface area (Å²) in [6.45, 7) is 2.09. The highest BCUT2D eigenvalue weighted by molar-refractivity contribution is 7.98. The Kier molecular flexibility index (Phi) is 5.77. The van der Waals surface area contributed by atoms with Crippen LogP contribution in [0.2, 0.25) is 10.0 Å². The first kappa shape index (κ1) is 19.1. The SMILES string of the molecule is Cc1ccc(-n2cc(-c3ccc(Cl)cc3)nc2SCc2ccc(Cl)cc2)cc1. The van der Waals surface area contributed by atoms with Crippen molar-refractivity contribution in [2.45, 2.75) is 17.8 Å². The van der Waals surface area contributed by atoms with Gasteiger partial charge >= 0.3 is 0 Å². The van der Waals surface area contributed by atoms with Crippen LogP contribution >= 0.6 is 35.0 Å². The Morgan fingerprint density at radius 2 is 1.43 bits per heavy atom. The zero-order valence-electron chi connectivity index (χ0n) is 15.3. The highest BCUT2D eigenvalue weighted by Crippen LogP contribution is 2.30. The molecular formula is C23H18Cl2N2S. The average molecular weight is 425 g/mol. The van der Waals surface area contributed by atoms with E-state index in [9.17, 15) is 0 Å². The maximum absolute atomic E-state index is 6.04. The van der Waals surface area contributed by atoms with E-state index in [2.05, 4.69) is 54.1 Å². The van der Waals surface area contributed by atoms with E-state index in [0.717, 1.165) is 37.9 Å². The predicted molar refractivity (Wildman–Crippen MR) is 120 cm³/mol. The smallest absolute Gasteiger partial charge is 0.173 e. The average Bonchev–Trinajstić information content (AvgIpc) is 3.13. The van der Waals surface area contributed by atoms with Crippen molar-refractivity contribution in [3.63, 3.8) is 0 Å². The Balaban J connectivity index is 1.68. The molecule has 0 saturated heterocycles. The van der Waals surface area contributed by atoms with Crippen LogP contribution in [0, 0.1) is 6.92 Å². The van der Waals surface area contributed by atoms with Gasteiger partial charge in [0.25, 0.3) is 0 Å². The number of halogens is 2. The van der Waals surface area contributed by atoms with Crippen LogP contribution in [0.1, 0.15) is 11.1 Å². The lowest BCUT2D eigenvalue weighted by molar-refractivity contribution is 0.895. The minimum Gasteiger partial charge on any atom is -0.294 e. The molecule has 28 heavy (non-hydrogen) atoms. The summed E-state index contributed by atoms with van der Waals surface area (Å²) >= 11 is 13.7. The van der Waals surface area contributed by atoms with Gasteiger partial charge in [-0.1, -0.05) is 76.9 Å². The zero-order valence-corrected chi connectivity index (χ0v) is 17.6. The number of aryl methyl sites for hydroxylation is 1. The Bertz CT molecular complexity index is 1070. The molecule has 1 heterocycles. The molecule has 5 heteroatoms. The first-order chi connectivity index (χ1) is 13.6. The Labute approximate surface area is 179 Å². The molecule has 0 saturated carbocycles. The zero-order chi connectivity index (χ0) is 19.5. The number of benzene rings is 3. The summed E-state index contributed by atoms with van der Waals surface area (Å²) in [5.74, 6) is 0.820. The third kappa shape index (κ3) is 4.44. The fourth-order valence-corrected chi connectivity index (χ4v) is 4.04. The molecular weight excluding hydrogens is 407 g/mol. The summed E-state index contributed by atoms with van der Waals surface area (Å²) in [7, 11) is 0. The second kappa shape index (κ2) is 8.44. The molecule has 1 aromatic heterocycles. The third-order valence-corrected chi connectivity index (χ3v) is 5.93. The lowest BCUT2D eigenvalue weighted by atomic mass is 10.2. The molecule has 4 aromatic rings. The molecule has 0 spiro atoms. The van der Waals surface area contributed by atoms with E-state index in [4.69, 9.17) is 28.2 Å². The minimum atomic E-state index is 0.721. The fourth-order valence-electron chi connectivity index (χ4n) is 2.84. The van der Waals surface area contributed by atoms with Crippen LogP contribution in [0.3, 0.4) is 0 Å². The molecule has 0 bridgehead atoms. The quantitative estimate of drug-likeness (QED) is 0.309. The van der Waals surface area contributed by atoms with Gasteiger partial charge in [0.05, 0.1) is 5.69 Å². The molecule has 0 atom stereocenters. The lowest BCUT2D eigenvalue weighted by Crippen LogP contribution is -1.95. The summed E-state index contributed by atoms with van der Waals surface area (Å²) in [5.41, 5.74) is 5.51. The van der Waals surface area contributed by atoms with Crippen molar-refractivity contribution in [2.24, 2.45) is 0 Å². The maximum Gasteiger partial charge on any atom is 0.173 e. The molecule has 2 nitrogen and oxygen atoms in total. The van der Waals surface area contributed by atoms with Crippen molar-refractivity contribution < 1.29 is 0 Å². The van der Waals surface area contributed by atoms with Crippen molar-refractivity contribution in [3.8, 4) is 16.9 Å². The predicted octanol–water partition coefficient (Wildman–Crippen LogP) is 7.45. The maximum atomic E-state index is 6.04. The van der Waals surface area contributed by atoms with Gasteiger partial charge in [0.2, 0.25) is 0 Å². The van der Waals surface area contributed by atoms with Crippen LogP contribution in [-0.2, 0) is 5.75 Å². The Hall–Kier alpha value is -2.20. The van der Waals surface area contributed by atoms with E-state index in [0.29, 0.717) is 0 Å². The summed E-state index contributed by atoms with van der Waals surface area (Å²) in [4.78, 5) is 4.90. The molecule has 0 fully saturated rings. The van der Waals surface area contributed by atoms with Gasteiger partial charge in [0, 0.05) is 33.2 Å². The number of hydrogen-bond donors (Lipinski definition) is 0. The van der Waals surface area contributed by atoms with Gasteiger partial charge in [-0.05, 0) is 48.9 Å². The highest BCUT2D eigenvalue weighted by atomic mass is 35.5. The Morgan fingerprint density at radius 3 is 2.07 bits per heavy atom. The molecule has 0 radical (unpaired) electrons. The van der Waals surface area contributed by atoms with E-state index in [-0.39, 0.29) is 0 Å². The first-order valence-corrected chi connectivity index (χ1v) is 10.6. The Morgan fingerprint density at radius 1 is 0.821 bits per heavy atom. The number of thioether (sulfide) groups is 1. The largest absolute Gasteiger partial charge is 0.294 e. The van der Waals surface area contributed by atoms with Crippen molar-refractivity contribution >= 4 is 35.0 Å². The van der Waals surface area contributed by atoms with Gasteiger partial charge in [-0.15, -0.1) is 0 Å². The molecule has 0 unspecified atom stereocenters. The second-order valence-electron chi connectivity index (χ2n) is 6.54. The van der Waals surface area contributed by atoms with Crippen molar-refractivity contribution in [1.29, 1.82) is 0 Å².